The number of aryl methyl sites for hydroxylation is 1. The average Bonchev–Trinajstić information content (AvgIpc) is 3.13. The molecule has 94 valence electrons. The summed E-state index contributed by atoms with van der Waals surface area (Å²) >= 11 is 0. The number of nitrogen functional groups attached to an aromatic ring is 1. The van der Waals surface area contributed by atoms with Crippen molar-refractivity contribution < 1.29 is 4.74 Å². The van der Waals surface area contributed by atoms with Crippen LogP contribution >= 0.6 is 0 Å². The SMILES string of the molecule is COc1ccc(C)cc1-c1ncn(C2CC2)c1N. The minimum Gasteiger partial charge on any atom is -0.496 e. The standard InChI is InChI=1S/C14H17N3O/c1-9-3-6-12(18-2)11(7-9)13-14(15)17(8-16-13)10-4-5-10/h3,6-8,10H,4-5,15H2,1-2H3. The van der Waals surface area contributed by atoms with E-state index in [2.05, 4.69) is 22.5 Å². The third kappa shape index (κ3) is 1.74. The van der Waals surface area contributed by atoms with Crippen molar-refractivity contribution in [3.63, 3.8) is 0 Å². The third-order valence-corrected chi connectivity index (χ3v) is 3.38. The van der Waals surface area contributed by atoms with Crippen molar-refractivity contribution in [1.82, 2.24) is 9.55 Å². The molecule has 0 amide bonds. The number of rotatable bonds is 3. The first kappa shape index (κ1) is 11.1. The van der Waals surface area contributed by atoms with E-state index in [9.17, 15) is 0 Å². The largest absolute Gasteiger partial charge is 0.496 e. The molecule has 0 atom stereocenters. The first-order valence-electron chi connectivity index (χ1n) is 6.18. The van der Waals surface area contributed by atoms with E-state index in [1.807, 2.05) is 18.5 Å². The second-order valence-corrected chi connectivity index (χ2v) is 4.82. The zero-order valence-corrected chi connectivity index (χ0v) is 10.7. The monoisotopic (exact) mass is 243 g/mol. The van der Waals surface area contributed by atoms with Gasteiger partial charge in [-0.05, 0) is 31.9 Å². The number of anilines is 1. The van der Waals surface area contributed by atoms with Crippen LogP contribution in [-0.4, -0.2) is 16.7 Å². The highest BCUT2D eigenvalue weighted by Gasteiger charge is 2.27. The fourth-order valence-corrected chi connectivity index (χ4v) is 2.23. The normalized spacial score (nSPS) is 14.8. The lowest BCUT2D eigenvalue weighted by atomic mass is 10.1. The fourth-order valence-electron chi connectivity index (χ4n) is 2.23. The molecule has 0 unspecified atom stereocenters. The van der Waals surface area contributed by atoms with Crippen molar-refractivity contribution >= 4 is 5.82 Å². The van der Waals surface area contributed by atoms with Crippen molar-refractivity contribution in [3.8, 4) is 17.0 Å². The van der Waals surface area contributed by atoms with Gasteiger partial charge in [0.15, 0.2) is 0 Å². The van der Waals surface area contributed by atoms with Crippen LogP contribution in [0.15, 0.2) is 24.5 Å². The van der Waals surface area contributed by atoms with E-state index in [1.165, 1.54) is 18.4 Å². The van der Waals surface area contributed by atoms with Crippen LogP contribution in [0, 0.1) is 6.92 Å². The van der Waals surface area contributed by atoms with Crippen LogP contribution in [0.5, 0.6) is 5.75 Å². The number of hydrogen-bond acceptors (Lipinski definition) is 3. The topological polar surface area (TPSA) is 53.1 Å². The summed E-state index contributed by atoms with van der Waals surface area (Å²) < 4.78 is 7.46. The van der Waals surface area contributed by atoms with Gasteiger partial charge in [0, 0.05) is 11.6 Å². The molecule has 0 aliphatic heterocycles. The molecule has 1 aliphatic carbocycles. The summed E-state index contributed by atoms with van der Waals surface area (Å²) in [7, 11) is 1.67. The van der Waals surface area contributed by atoms with Crippen LogP contribution in [0.1, 0.15) is 24.4 Å². The van der Waals surface area contributed by atoms with E-state index in [1.54, 1.807) is 7.11 Å². The third-order valence-electron chi connectivity index (χ3n) is 3.38. The van der Waals surface area contributed by atoms with Crippen molar-refractivity contribution in [2.45, 2.75) is 25.8 Å². The van der Waals surface area contributed by atoms with Gasteiger partial charge < -0.3 is 15.0 Å². The summed E-state index contributed by atoms with van der Waals surface area (Å²) in [5.41, 5.74) is 9.16. The maximum Gasteiger partial charge on any atom is 0.131 e. The smallest absolute Gasteiger partial charge is 0.131 e. The number of methoxy groups -OCH3 is 1. The summed E-state index contributed by atoms with van der Waals surface area (Å²) in [4.78, 5) is 4.45. The Labute approximate surface area is 106 Å². The molecule has 4 heteroatoms. The predicted molar refractivity (Wildman–Crippen MR) is 71.6 cm³/mol. The van der Waals surface area contributed by atoms with Gasteiger partial charge in [-0.25, -0.2) is 4.98 Å². The zero-order chi connectivity index (χ0) is 12.7. The number of nitrogens with zero attached hydrogens (tertiary/aromatic N) is 2. The summed E-state index contributed by atoms with van der Waals surface area (Å²) in [5.74, 6) is 1.55. The molecule has 1 heterocycles. The molecule has 0 spiro atoms. The van der Waals surface area contributed by atoms with E-state index < -0.39 is 0 Å². The molecule has 1 aliphatic rings. The van der Waals surface area contributed by atoms with Crippen LogP contribution in [0.4, 0.5) is 5.82 Å². The fraction of sp³-hybridized carbons (Fsp3) is 0.357. The molecule has 18 heavy (non-hydrogen) atoms. The van der Waals surface area contributed by atoms with Gasteiger partial charge in [0.05, 0.1) is 13.4 Å². The lowest BCUT2D eigenvalue weighted by Gasteiger charge is -2.09. The van der Waals surface area contributed by atoms with Gasteiger partial charge >= 0.3 is 0 Å². The maximum absolute atomic E-state index is 6.19. The van der Waals surface area contributed by atoms with Gasteiger partial charge in [-0.15, -0.1) is 0 Å². The van der Waals surface area contributed by atoms with Crippen LogP contribution in [-0.2, 0) is 0 Å². The van der Waals surface area contributed by atoms with E-state index in [0.29, 0.717) is 6.04 Å². The second kappa shape index (κ2) is 4.05. The summed E-state index contributed by atoms with van der Waals surface area (Å²) in [6.07, 6.45) is 4.24. The average molecular weight is 243 g/mol. The molecule has 3 rings (SSSR count). The van der Waals surface area contributed by atoms with Crippen LogP contribution in [0.2, 0.25) is 0 Å². The van der Waals surface area contributed by atoms with E-state index >= 15 is 0 Å². The van der Waals surface area contributed by atoms with E-state index in [0.717, 1.165) is 22.8 Å². The molecule has 0 bridgehead atoms. The first-order valence-corrected chi connectivity index (χ1v) is 6.18. The van der Waals surface area contributed by atoms with Crippen molar-refractivity contribution in [2.24, 2.45) is 0 Å². The molecule has 1 saturated carbocycles. The Morgan fingerprint density at radius 2 is 2.17 bits per heavy atom. The molecule has 0 saturated heterocycles. The molecule has 2 N–H and O–H groups in total. The van der Waals surface area contributed by atoms with E-state index in [-0.39, 0.29) is 0 Å². The van der Waals surface area contributed by atoms with Gasteiger partial charge in [0.25, 0.3) is 0 Å². The molecule has 4 nitrogen and oxygen atoms in total. The van der Waals surface area contributed by atoms with Crippen LogP contribution in [0.25, 0.3) is 11.3 Å². The number of aromatic nitrogens is 2. The second-order valence-electron chi connectivity index (χ2n) is 4.82. The minimum atomic E-state index is 0.544. The lowest BCUT2D eigenvalue weighted by molar-refractivity contribution is 0.416. The quantitative estimate of drug-likeness (QED) is 0.901. The Hall–Kier alpha value is -1.97. The Morgan fingerprint density at radius 1 is 1.39 bits per heavy atom. The summed E-state index contributed by atoms with van der Waals surface area (Å²) in [6.45, 7) is 2.05. The molecule has 0 radical (unpaired) electrons. The Balaban J connectivity index is 2.11. The number of nitrogens with two attached hydrogens (primary N) is 1. The number of ether oxygens (including phenoxy) is 1. The number of imidazole rings is 1. The molecular formula is C14H17N3O. The Kier molecular flexibility index (Phi) is 2.51. The molecular weight excluding hydrogens is 226 g/mol. The van der Waals surface area contributed by atoms with Crippen molar-refractivity contribution in [1.29, 1.82) is 0 Å². The Bertz CT molecular complexity index is 585. The molecule has 1 aromatic carbocycles. The van der Waals surface area contributed by atoms with Gasteiger partial charge in [-0.1, -0.05) is 11.6 Å². The highest BCUT2D eigenvalue weighted by atomic mass is 16.5. The Morgan fingerprint density at radius 3 is 2.83 bits per heavy atom. The molecule has 2 aromatic rings. The molecule has 1 aromatic heterocycles. The highest BCUT2D eigenvalue weighted by Crippen LogP contribution is 2.40. The molecule has 1 fully saturated rings. The zero-order valence-electron chi connectivity index (χ0n) is 10.7. The number of benzene rings is 1. The van der Waals surface area contributed by atoms with Crippen molar-refractivity contribution in [2.75, 3.05) is 12.8 Å². The first-order chi connectivity index (χ1) is 8.70. The minimum absolute atomic E-state index is 0.544. The summed E-state index contributed by atoms with van der Waals surface area (Å²) in [6, 6.07) is 6.59. The van der Waals surface area contributed by atoms with Crippen molar-refractivity contribution in [3.05, 3.63) is 30.1 Å². The van der Waals surface area contributed by atoms with E-state index in [4.69, 9.17) is 10.5 Å². The highest BCUT2D eigenvalue weighted by molar-refractivity contribution is 5.76. The van der Waals surface area contributed by atoms with Crippen LogP contribution < -0.4 is 10.5 Å². The van der Waals surface area contributed by atoms with Gasteiger partial charge in [0.2, 0.25) is 0 Å². The number of hydrogen-bond donors (Lipinski definition) is 1. The predicted octanol–water partition coefficient (Wildman–Crippen LogP) is 2.78. The summed E-state index contributed by atoms with van der Waals surface area (Å²) in [5, 5.41) is 0. The van der Waals surface area contributed by atoms with Gasteiger partial charge in [0.1, 0.15) is 17.3 Å². The van der Waals surface area contributed by atoms with Gasteiger partial charge in [-0.2, -0.15) is 0 Å². The lowest BCUT2D eigenvalue weighted by Crippen LogP contribution is -2.00. The van der Waals surface area contributed by atoms with Gasteiger partial charge in [-0.3, -0.25) is 0 Å². The maximum atomic E-state index is 6.19. The van der Waals surface area contributed by atoms with Crippen LogP contribution in [0.3, 0.4) is 0 Å².